The topological polar surface area (TPSA) is 49.7 Å². The number of alkyl halides is 1. The molecule has 2 aromatic carbocycles. The van der Waals surface area contributed by atoms with Gasteiger partial charge in [0, 0.05) is 16.8 Å². The second-order valence-corrected chi connectivity index (χ2v) is 11.9. The number of nitrogens with zero attached hydrogens (tertiary/aromatic N) is 1. The molecule has 0 amide bonds. The molecule has 0 saturated carbocycles. The number of halogens is 2. The van der Waals surface area contributed by atoms with Gasteiger partial charge in [-0.1, -0.05) is 67.9 Å². The molecule has 4 rings (SSSR count). The number of benzene rings is 2. The molecule has 2 unspecified atom stereocenters. The summed E-state index contributed by atoms with van der Waals surface area (Å²) in [6.07, 6.45) is 0.0674. The van der Waals surface area contributed by atoms with E-state index in [1.807, 2.05) is 57.2 Å². The molecule has 1 aromatic heterocycles. The number of carbonyl (C=O) groups is 1. The molecule has 5 nitrogen and oxygen atoms in total. The Kier molecular flexibility index (Phi) is 8.21. The van der Waals surface area contributed by atoms with Crippen LogP contribution in [0.15, 0.2) is 60.7 Å². The lowest BCUT2D eigenvalue weighted by molar-refractivity contribution is -0.167. The summed E-state index contributed by atoms with van der Waals surface area (Å²) in [5.41, 5.74) is 3.98. The smallest absolute Gasteiger partial charge is 0.309 e. The second-order valence-electron chi connectivity index (χ2n) is 10.1. The zero-order chi connectivity index (χ0) is 26.0. The Morgan fingerprint density at radius 2 is 1.78 bits per heavy atom. The van der Waals surface area contributed by atoms with Crippen molar-refractivity contribution >= 4 is 26.2 Å². The molecule has 1 saturated heterocycles. The van der Waals surface area contributed by atoms with E-state index in [-0.39, 0.29) is 32.7 Å². The van der Waals surface area contributed by atoms with Crippen molar-refractivity contribution in [1.82, 2.24) is 4.57 Å². The predicted octanol–water partition coefficient (Wildman–Crippen LogP) is 7.85. The van der Waals surface area contributed by atoms with Crippen molar-refractivity contribution in [3.63, 3.8) is 0 Å². The Morgan fingerprint density at radius 1 is 1.08 bits per heavy atom. The molecule has 192 valence electrons. The number of ether oxygens (including phenoxy) is 3. The fraction of sp³-hybridized carbons (Fsp3) is 0.393. The molecule has 0 spiro atoms. The summed E-state index contributed by atoms with van der Waals surface area (Å²) in [5.74, 6) is -2.53. The van der Waals surface area contributed by atoms with Crippen LogP contribution in [0.2, 0.25) is 0 Å². The van der Waals surface area contributed by atoms with Crippen molar-refractivity contribution < 1.29 is 23.4 Å². The lowest BCUT2D eigenvalue weighted by Gasteiger charge is -2.36. The molecule has 0 aliphatic carbocycles. The van der Waals surface area contributed by atoms with Crippen LogP contribution in [0.25, 0.3) is 22.4 Å². The Balaban J connectivity index is 1.80. The van der Waals surface area contributed by atoms with Crippen molar-refractivity contribution in [3.05, 3.63) is 72.2 Å². The molecule has 1 fully saturated rings. The van der Waals surface area contributed by atoms with Crippen molar-refractivity contribution in [2.45, 2.75) is 70.1 Å². The van der Waals surface area contributed by atoms with E-state index in [2.05, 4.69) is 24.5 Å². The highest BCUT2D eigenvalue weighted by molar-refractivity contribution is 7.38. The van der Waals surface area contributed by atoms with E-state index < -0.39 is 23.2 Å². The number of hydrogen-bond donors (Lipinski definition) is 0. The minimum atomic E-state index is -1.04. The molecule has 4 atom stereocenters. The zero-order valence-electron chi connectivity index (χ0n) is 21.1. The quantitative estimate of drug-likeness (QED) is 0.185. The van der Waals surface area contributed by atoms with Crippen molar-refractivity contribution in [2.24, 2.45) is 0 Å². The average molecular weight is 532 g/mol. The van der Waals surface area contributed by atoms with Gasteiger partial charge in [-0.15, -0.1) is 0 Å². The molecule has 36 heavy (non-hydrogen) atoms. The van der Waals surface area contributed by atoms with Crippen molar-refractivity contribution in [1.29, 1.82) is 0 Å². The van der Waals surface area contributed by atoms with Gasteiger partial charge >= 0.3 is 5.97 Å². The number of hydrogen-bond acceptors (Lipinski definition) is 4. The summed E-state index contributed by atoms with van der Waals surface area (Å²) in [5, 5.41) is 0. The van der Waals surface area contributed by atoms with E-state index in [0.717, 1.165) is 28.1 Å². The van der Waals surface area contributed by atoms with E-state index in [1.54, 1.807) is 6.07 Å². The van der Waals surface area contributed by atoms with Crippen molar-refractivity contribution in [2.75, 3.05) is 0 Å². The van der Waals surface area contributed by atoms with Gasteiger partial charge in [-0.05, 0) is 59.0 Å². The first-order valence-electron chi connectivity index (χ1n) is 12.0. The molecule has 1 aliphatic rings. The van der Waals surface area contributed by atoms with Gasteiger partial charge in [-0.3, -0.25) is 4.79 Å². The predicted molar refractivity (Wildman–Crippen MR) is 143 cm³/mol. The van der Waals surface area contributed by atoms with E-state index in [9.17, 15) is 9.18 Å². The van der Waals surface area contributed by atoms with Crippen LogP contribution in [-0.2, 0) is 19.0 Å². The Labute approximate surface area is 218 Å². The Bertz CT molecular complexity index is 1210. The maximum atomic E-state index is 14.4. The molecule has 0 N–H and O–H groups in total. The number of carbonyl (C=O) groups excluding carboxylic acids is 1. The highest BCUT2D eigenvalue weighted by atomic mass is 35.5. The molecular weight excluding hydrogens is 500 g/mol. The Morgan fingerprint density at radius 3 is 2.42 bits per heavy atom. The number of esters is 1. The van der Waals surface area contributed by atoms with Crippen LogP contribution in [0.3, 0.4) is 0 Å². The number of aromatic nitrogens is 1. The van der Waals surface area contributed by atoms with Crippen LogP contribution >= 0.6 is 20.2 Å². The van der Waals surface area contributed by atoms with Gasteiger partial charge in [0.15, 0.2) is 5.97 Å². The van der Waals surface area contributed by atoms with E-state index in [4.69, 9.17) is 25.8 Å². The van der Waals surface area contributed by atoms with Gasteiger partial charge in [0.25, 0.3) is 0 Å². The van der Waals surface area contributed by atoms with Crippen LogP contribution in [0.5, 0.6) is 0 Å². The summed E-state index contributed by atoms with van der Waals surface area (Å²) >= 11 is 6.39. The summed E-state index contributed by atoms with van der Waals surface area (Å²) < 4.78 is 33.8. The third kappa shape index (κ3) is 6.36. The summed E-state index contributed by atoms with van der Waals surface area (Å²) in [7, 11) is 0.0647. The fourth-order valence-corrected chi connectivity index (χ4v) is 6.12. The molecule has 0 radical (unpaired) electrons. The summed E-state index contributed by atoms with van der Waals surface area (Å²) in [4.78, 5) is 12.5. The summed E-state index contributed by atoms with van der Waals surface area (Å²) in [6.45, 7) is 9.70. The number of rotatable bonds is 6. The lowest BCUT2D eigenvalue weighted by atomic mass is 10.0. The molecule has 3 aromatic rings. The highest BCUT2D eigenvalue weighted by Crippen LogP contribution is 2.50. The SMILES string of the molecule is CC(C)c1cc(-c2ccccc2)c(-c2cccc(F)c2)n1[C@@H]1OC(Cl)O[C@@H](CC(=O)OC(C)(C)C)P1. The van der Waals surface area contributed by atoms with Gasteiger partial charge in [0.1, 0.15) is 11.4 Å². The maximum Gasteiger partial charge on any atom is 0.309 e. The van der Waals surface area contributed by atoms with Gasteiger partial charge < -0.3 is 18.8 Å². The largest absolute Gasteiger partial charge is 0.460 e. The molecule has 0 bridgehead atoms. The van der Waals surface area contributed by atoms with Crippen LogP contribution in [0, 0.1) is 5.82 Å². The van der Waals surface area contributed by atoms with Gasteiger partial charge in [-0.25, -0.2) is 4.39 Å². The van der Waals surface area contributed by atoms with Crippen LogP contribution in [-0.4, -0.2) is 27.7 Å². The molecule has 1 aliphatic heterocycles. The zero-order valence-corrected chi connectivity index (χ0v) is 22.9. The maximum absolute atomic E-state index is 14.4. The van der Waals surface area contributed by atoms with Gasteiger partial charge in [-0.2, -0.15) is 0 Å². The normalized spacial score (nSPS) is 21.2. The van der Waals surface area contributed by atoms with E-state index >= 15 is 0 Å². The highest BCUT2D eigenvalue weighted by Gasteiger charge is 2.35. The minimum Gasteiger partial charge on any atom is -0.460 e. The van der Waals surface area contributed by atoms with Crippen LogP contribution in [0.1, 0.15) is 58.6 Å². The van der Waals surface area contributed by atoms with Gasteiger partial charge in [0.2, 0.25) is 5.75 Å². The Hall–Kier alpha value is -2.24. The third-order valence-electron chi connectivity index (χ3n) is 5.68. The summed E-state index contributed by atoms with van der Waals surface area (Å²) in [6, 6.07) is 18.7. The van der Waals surface area contributed by atoms with Crippen LogP contribution in [0.4, 0.5) is 4.39 Å². The lowest BCUT2D eigenvalue weighted by Crippen LogP contribution is -2.32. The minimum absolute atomic E-state index is 0.0647. The van der Waals surface area contributed by atoms with Crippen LogP contribution < -0.4 is 0 Å². The third-order valence-corrected chi connectivity index (χ3v) is 7.28. The molecule has 2 heterocycles. The average Bonchev–Trinajstić information content (AvgIpc) is 3.19. The molecular formula is C28H32ClFNO4P. The first-order chi connectivity index (χ1) is 17.0. The fourth-order valence-electron chi connectivity index (χ4n) is 4.29. The standard InChI is InChI=1S/C28H32ClFNO4P/c1-17(2)22-15-21(18-10-7-6-8-11-18)25(19-12-9-13-20(30)14-19)31(22)27-34-26(29)33-24(36-27)16-23(32)35-28(3,4)5/h6-15,17,24,26-27,36H,16H2,1-5H3/t24-,26?,27-/m1/s1. The second kappa shape index (κ2) is 11.0. The van der Waals surface area contributed by atoms with Gasteiger partial charge in [0.05, 0.1) is 18.0 Å². The molecule has 8 heteroatoms. The van der Waals surface area contributed by atoms with Crippen molar-refractivity contribution in [3.8, 4) is 22.4 Å². The first-order valence-corrected chi connectivity index (χ1v) is 13.6. The van der Waals surface area contributed by atoms with E-state index in [1.165, 1.54) is 12.1 Å². The monoisotopic (exact) mass is 531 g/mol. The first kappa shape index (κ1) is 26.8. The van der Waals surface area contributed by atoms with E-state index in [0.29, 0.717) is 0 Å².